The van der Waals surface area contributed by atoms with Crippen LogP contribution in [0.3, 0.4) is 0 Å². The normalized spacial score (nSPS) is 15.0. The van der Waals surface area contributed by atoms with Crippen molar-refractivity contribution < 1.29 is 91.7 Å². The fraction of sp³-hybridized carbons (Fsp3) is 0.635. The summed E-state index contributed by atoms with van der Waals surface area (Å²) in [6, 6.07) is 1.04. The molecule has 1 aliphatic rings. The minimum Gasteiger partial charge on any atom is -0.394 e. The van der Waals surface area contributed by atoms with Gasteiger partial charge in [0, 0.05) is 51.2 Å². The van der Waals surface area contributed by atoms with Crippen molar-refractivity contribution in [1.82, 2.24) is 79.3 Å². The number of rotatable bonds is 68. The molecule has 2 aromatic rings. The number of nitrogens with two attached hydrogens (primary N) is 8. The van der Waals surface area contributed by atoms with E-state index in [9.17, 15) is 91.7 Å². The molecule has 0 saturated carbocycles. The van der Waals surface area contributed by atoms with Crippen molar-refractivity contribution in [3.05, 3.63) is 71.8 Å². The Morgan fingerprint density at radius 2 is 0.862 bits per heavy atom. The smallest absolute Gasteiger partial charge is 0.245 e. The Morgan fingerprint density at radius 1 is 0.438 bits per heavy atom. The third-order valence-electron chi connectivity index (χ3n) is 20.8. The Balaban J connectivity index is 1.68. The van der Waals surface area contributed by atoms with Gasteiger partial charge in [-0.3, -0.25) is 96.4 Å². The van der Waals surface area contributed by atoms with Crippen molar-refractivity contribution in [3.8, 4) is 0 Å². The van der Waals surface area contributed by atoms with E-state index >= 15 is 0 Å². The fourth-order valence-electron chi connectivity index (χ4n) is 13.4. The molecule has 0 radical (unpaired) electrons. The number of unbranched alkanes of at least 4 members (excludes halogenated alkanes) is 12. The number of guanidine groups is 2. The van der Waals surface area contributed by atoms with Crippen LogP contribution in [0.5, 0.6) is 0 Å². The number of nitrogens with zero attached hydrogens (tertiary/aromatic N) is 3. The van der Waals surface area contributed by atoms with Crippen LogP contribution in [-0.2, 0) is 94.3 Å². The summed E-state index contributed by atoms with van der Waals surface area (Å²) in [5, 5.41) is 55.0. The minimum absolute atomic E-state index is 0.0393. The zero-order chi connectivity index (χ0) is 96.5. The van der Waals surface area contributed by atoms with E-state index in [4.69, 9.17) is 45.9 Å². The molecular weight excluding hydrogens is 1710 g/mol. The first kappa shape index (κ1) is 112. The van der Waals surface area contributed by atoms with Crippen molar-refractivity contribution in [2.24, 2.45) is 55.9 Å². The molecule has 1 aliphatic heterocycles. The quantitative estimate of drug-likeness (QED) is 0.0127. The predicted octanol–water partition coefficient (Wildman–Crippen LogP) is -5.67. The summed E-state index contributed by atoms with van der Waals surface area (Å²) >= 11 is 0.926. The molecule has 45 heteroatoms. The molecule has 32 N–H and O–H groups in total. The highest BCUT2D eigenvalue weighted by atomic mass is 32.2. The topological polar surface area (TPSA) is 735 Å². The number of primary amides is 1. The zero-order valence-electron chi connectivity index (χ0n) is 75.1. The molecule has 1 saturated heterocycles. The Morgan fingerprint density at radius 3 is 1.35 bits per heavy atom. The molecule has 0 aliphatic carbocycles. The number of amides is 17. The van der Waals surface area contributed by atoms with Gasteiger partial charge in [-0.15, -0.1) is 11.8 Å². The van der Waals surface area contributed by atoms with Gasteiger partial charge in [-0.1, -0.05) is 132 Å². The van der Waals surface area contributed by atoms with Crippen LogP contribution < -0.4 is 120 Å². The summed E-state index contributed by atoms with van der Waals surface area (Å²) < 4.78 is 0. The monoisotopic (exact) mass is 1850 g/mol. The van der Waals surface area contributed by atoms with Crippen molar-refractivity contribution >= 4 is 124 Å². The summed E-state index contributed by atoms with van der Waals surface area (Å²) in [7, 11) is 0. The van der Waals surface area contributed by atoms with Crippen molar-refractivity contribution in [2.45, 2.75) is 272 Å². The number of aliphatic imine (C=N–C) groups is 2. The summed E-state index contributed by atoms with van der Waals surface area (Å²) in [6.07, 6.45) is 12.3. The maximum atomic E-state index is 14.3. The van der Waals surface area contributed by atoms with Crippen molar-refractivity contribution in [3.63, 3.8) is 0 Å². The third-order valence-corrected chi connectivity index (χ3v) is 22.1. The average Bonchev–Trinajstić information content (AvgIpc) is 1.72. The molecule has 3 rings (SSSR count). The van der Waals surface area contributed by atoms with Gasteiger partial charge in [0.15, 0.2) is 11.9 Å². The highest BCUT2D eigenvalue weighted by Crippen LogP contribution is 2.26. The number of carbonyl (C=O) groups is 17. The molecule has 17 amide bonds. The molecule has 130 heavy (non-hydrogen) atoms. The van der Waals surface area contributed by atoms with Crippen molar-refractivity contribution in [2.75, 3.05) is 71.3 Å². The van der Waals surface area contributed by atoms with Crippen LogP contribution in [0, 0.1) is 0 Å². The summed E-state index contributed by atoms with van der Waals surface area (Å²) in [4.78, 5) is 239. The number of imide groups is 1. The third kappa shape index (κ3) is 46.5. The van der Waals surface area contributed by atoms with Gasteiger partial charge < -0.3 is 131 Å². The number of hydrogen-bond acceptors (Lipinski definition) is 25. The molecule has 0 spiro atoms. The molecule has 0 bridgehead atoms. The van der Waals surface area contributed by atoms with Crippen LogP contribution in [0.25, 0.3) is 0 Å². The Kier molecular flexibility index (Phi) is 55.5. The molecule has 726 valence electrons. The number of likely N-dealkylation sites (tertiary alicyclic amines) is 1. The fourth-order valence-corrected chi connectivity index (χ4v) is 14.6. The van der Waals surface area contributed by atoms with Crippen LogP contribution >= 0.6 is 11.8 Å². The van der Waals surface area contributed by atoms with E-state index in [1.807, 2.05) is 0 Å². The summed E-state index contributed by atoms with van der Waals surface area (Å²) in [5.74, 6) is -15.1. The van der Waals surface area contributed by atoms with E-state index in [1.165, 1.54) is 58.8 Å². The minimum atomic E-state index is -1.81. The van der Waals surface area contributed by atoms with Crippen LogP contribution in [0.1, 0.15) is 193 Å². The van der Waals surface area contributed by atoms with Gasteiger partial charge in [0.05, 0.1) is 43.6 Å². The van der Waals surface area contributed by atoms with E-state index in [1.54, 1.807) is 60.7 Å². The molecule has 1 heterocycles. The first-order valence-corrected chi connectivity index (χ1v) is 45.6. The number of aliphatic hydroxyl groups is 2. The number of hydrogen-bond donors (Lipinski definition) is 24. The SMILES string of the molecule is CCCCCCCCCCCCCC(=O)NCCCN1C(=O)CC(SC[C@H](NC(=O)[C@H](CCCCN)NC(=O)[C@H](CCCN=C(N)N)NC(=O)[C@H](C)NC(=O)[C@H](CO)NC(=O)[C@H](CCCCN)NC(=O)[C@H](CCCN=C(N)N)NC(=O)[C@H](C)NC(=O)CNC(=O)[C@@H](NC(=O)[C@H](Cc2ccccc2)NC(=O)CNC(=O)CNC(=O)[C@@H](N)Cc2ccccc2)[C@@H](C)O)C(N)=O)C1=O. The standard InChI is InChI=1S/C85H141N25O19S/c1-5-6-7-8-9-10-11-12-13-14-21-37-66(113)94-42-28-43-110-70(117)46-65(83(110)129)130-51-64(72(89)118)108-79(125)59(34-23-25-39-87)106-77(123)61(36-27-41-96-85(92)93)104-74(120)53(3)101-81(127)63(50-111)107-78(124)58(33-22-24-38-86)105-76(122)60(35-26-40-95-84(90)91)103-73(119)52(2)100-68(115)49-99-82(128)71(54(4)112)109-80(126)62(45-56-31-19-16-20-32-56)102-69(116)48-97-67(114)47-98-75(121)57(88)44-55-29-17-15-18-30-55/h15-20,29-32,52-54,57-65,71,111-112H,5-14,21-28,33-51,86-88H2,1-4H3,(H2,89,118)(H,94,113)(H,97,114)(H,98,121)(H,99,128)(H,100,115)(H,101,127)(H,102,116)(H,103,119)(H,104,120)(H,105,122)(H,106,123)(H,107,124)(H,108,125)(H,109,126)(H4,90,91,95)(H4,92,93,96)/t52-,53-,54+,57-,58-,59-,60-,61-,62-,63-,64-,65?,71-/m0/s1. The van der Waals surface area contributed by atoms with Crippen LogP contribution in [0.4, 0.5) is 0 Å². The second-order valence-electron chi connectivity index (χ2n) is 31.9. The predicted molar refractivity (Wildman–Crippen MR) is 488 cm³/mol. The first-order valence-electron chi connectivity index (χ1n) is 44.5. The summed E-state index contributed by atoms with van der Waals surface area (Å²) in [6.45, 7) is 3.22. The molecule has 2 aromatic carbocycles. The van der Waals surface area contributed by atoms with Crippen molar-refractivity contribution in [1.29, 1.82) is 0 Å². The largest absolute Gasteiger partial charge is 0.394 e. The lowest BCUT2D eigenvalue weighted by molar-refractivity contribution is -0.138. The van der Waals surface area contributed by atoms with E-state index < -0.39 is 199 Å². The van der Waals surface area contributed by atoms with Crippen LogP contribution in [-0.4, -0.2) is 277 Å². The van der Waals surface area contributed by atoms with Gasteiger partial charge in [0.1, 0.15) is 60.4 Å². The van der Waals surface area contributed by atoms with Gasteiger partial charge in [0.2, 0.25) is 100 Å². The second kappa shape index (κ2) is 64.1. The average molecular weight is 1850 g/mol. The lowest BCUT2D eigenvalue weighted by Gasteiger charge is -2.27. The van der Waals surface area contributed by atoms with Gasteiger partial charge in [-0.25, -0.2) is 0 Å². The molecular formula is C85H141N25O19S. The van der Waals surface area contributed by atoms with E-state index in [0.717, 1.165) is 54.8 Å². The molecule has 1 fully saturated rings. The van der Waals surface area contributed by atoms with Gasteiger partial charge in [-0.2, -0.15) is 0 Å². The Labute approximate surface area is 763 Å². The highest BCUT2D eigenvalue weighted by Gasteiger charge is 2.41. The summed E-state index contributed by atoms with van der Waals surface area (Å²) in [5.41, 5.74) is 46.9. The maximum Gasteiger partial charge on any atom is 0.245 e. The van der Waals surface area contributed by atoms with E-state index in [-0.39, 0.29) is 133 Å². The highest BCUT2D eigenvalue weighted by molar-refractivity contribution is 8.00. The maximum absolute atomic E-state index is 14.3. The van der Waals surface area contributed by atoms with Crippen LogP contribution in [0.15, 0.2) is 70.6 Å². The van der Waals surface area contributed by atoms with E-state index in [2.05, 4.69) is 91.3 Å². The zero-order valence-corrected chi connectivity index (χ0v) is 76.0. The Hall–Kier alpha value is -11.7. The number of aliphatic hydroxyl groups excluding tert-OH is 2. The molecule has 0 aromatic heterocycles. The lowest BCUT2D eigenvalue weighted by atomic mass is 10.0. The first-order chi connectivity index (χ1) is 62.0. The second-order valence-corrected chi connectivity index (χ2v) is 33.1. The van der Waals surface area contributed by atoms with Gasteiger partial charge >= 0.3 is 0 Å². The lowest BCUT2D eigenvalue weighted by Crippen LogP contribution is -2.60. The van der Waals surface area contributed by atoms with Gasteiger partial charge in [-0.05, 0) is 128 Å². The number of carbonyl (C=O) groups excluding carboxylic acids is 17. The Bertz CT molecular complexity index is 4000. The van der Waals surface area contributed by atoms with Crippen LogP contribution in [0.2, 0.25) is 0 Å². The molecule has 1 unspecified atom stereocenters. The van der Waals surface area contributed by atoms with E-state index in [0.29, 0.717) is 31.2 Å². The number of benzene rings is 2. The molecule has 44 nitrogen and oxygen atoms in total. The van der Waals surface area contributed by atoms with Gasteiger partial charge in [0.25, 0.3) is 0 Å². The molecule has 13 atom stereocenters. The number of nitrogens with one attached hydrogen (secondary N) is 14. The number of thioether (sulfide) groups is 1.